The van der Waals surface area contributed by atoms with Crippen LogP contribution in [0.2, 0.25) is 0 Å². The number of halogens is 1. The number of nitrogens with two attached hydrogens (primary N) is 1. The van der Waals surface area contributed by atoms with Gasteiger partial charge in [0.2, 0.25) is 0 Å². The summed E-state index contributed by atoms with van der Waals surface area (Å²) in [6.07, 6.45) is 0. The molecule has 0 bridgehead atoms. The second kappa shape index (κ2) is 4.54. The van der Waals surface area contributed by atoms with Crippen molar-refractivity contribution < 1.29 is 14.0 Å². The Morgan fingerprint density at radius 3 is 2.53 bits per heavy atom. The van der Waals surface area contributed by atoms with Crippen molar-refractivity contribution in [3.8, 4) is 0 Å². The van der Waals surface area contributed by atoms with Crippen molar-refractivity contribution in [3.63, 3.8) is 0 Å². The highest BCUT2D eigenvalue weighted by atomic mass is 19.1. The Morgan fingerprint density at radius 1 is 1.40 bits per heavy atom. The fourth-order valence-electron chi connectivity index (χ4n) is 1.14. The van der Waals surface area contributed by atoms with E-state index in [2.05, 4.69) is 0 Å². The normalized spacial score (nSPS) is 9.73. The highest BCUT2D eigenvalue weighted by molar-refractivity contribution is 6.34. The molecule has 0 unspecified atom stereocenters. The number of hydrogen-bond acceptors (Lipinski definition) is 2. The minimum absolute atomic E-state index is 0.0223. The minimum Gasteiger partial charge on any atom is -0.361 e. The number of rotatable bonds is 2. The van der Waals surface area contributed by atoms with Crippen LogP contribution < -0.4 is 5.73 Å². The van der Waals surface area contributed by atoms with Crippen LogP contribution in [0.5, 0.6) is 0 Å². The highest BCUT2D eigenvalue weighted by Gasteiger charge is 2.15. The van der Waals surface area contributed by atoms with Crippen LogP contribution in [-0.4, -0.2) is 23.8 Å². The maximum absolute atomic E-state index is 13.2. The molecule has 0 aromatic heterocycles. The zero-order chi connectivity index (χ0) is 11.4. The second-order valence-electron chi connectivity index (χ2n) is 3.12. The van der Waals surface area contributed by atoms with Gasteiger partial charge in [0.05, 0.1) is 0 Å². The fraction of sp³-hybridized carbons (Fsp3) is 0.200. The zero-order valence-corrected chi connectivity index (χ0v) is 8.24. The molecule has 0 fully saturated rings. The Kier molecular flexibility index (Phi) is 3.38. The summed E-state index contributed by atoms with van der Waals surface area (Å²) in [4.78, 5) is 22.7. The summed E-state index contributed by atoms with van der Waals surface area (Å²) >= 11 is 0. The van der Waals surface area contributed by atoms with Crippen molar-refractivity contribution in [3.05, 3.63) is 35.6 Å². The molecule has 1 aromatic carbocycles. The highest BCUT2D eigenvalue weighted by Crippen LogP contribution is 2.08. The average Bonchev–Trinajstić information content (AvgIpc) is 2.20. The van der Waals surface area contributed by atoms with Crippen LogP contribution in [0, 0.1) is 5.82 Å². The molecule has 0 saturated carbocycles. The number of carbonyl (C=O) groups is 2. The molecule has 4 nitrogen and oxygen atoms in total. The topological polar surface area (TPSA) is 63.4 Å². The largest absolute Gasteiger partial charge is 0.361 e. The van der Waals surface area contributed by atoms with Gasteiger partial charge in [-0.1, -0.05) is 18.2 Å². The van der Waals surface area contributed by atoms with Gasteiger partial charge in [-0.05, 0) is 6.07 Å². The van der Waals surface area contributed by atoms with Gasteiger partial charge in [-0.3, -0.25) is 9.59 Å². The van der Waals surface area contributed by atoms with Crippen LogP contribution in [0.4, 0.5) is 4.39 Å². The number of carbonyl (C=O) groups excluding carboxylic acids is 2. The second-order valence-corrected chi connectivity index (χ2v) is 3.12. The van der Waals surface area contributed by atoms with Crippen molar-refractivity contribution >= 4 is 11.8 Å². The lowest BCUT2D eigenvalue weighted by atomic mass is 10.2. The zero-order valence-electron chi connectivity index (χ0n) is 8.24. The molecule has 0 spiro atoms. The number of nitrogens with zero attached hydrogens (tertiary/aromatic N) is 1. The number of amides is 2. The van der Waals surface area contributed by atoms with E-state index in [1.165, 1.54) is 13.1 Å². The Hall–Kier alpha value is -1.91. The van der Waals surface area contributed by atoms with Gasteiger partial charge in [-0.25, -0.2) is 4.39 Å². The van der Waals surface area contributed by atoms with Crippen LogP contribution in [0.25, 0.3) is 0 Å². The molecule has 0 aliphatic carbocycles. The van der Waals surface area contributed by atoms with Crippen LogP contribution in [-0.2, 0) is 16.1 Å². The first-order chi connectivity index (χ1) is 7.02. The summed E-state index contributed by atoms with van der Waals surface area (Å²) < 4.78 is 13.2. The predicted molar refractivity (Wildman–Crippen MR) is 52.1 cm³/mol. The average molecular weight is 210 g/mol. The minimum atomic E-state index is -1.05. The molecule has 1 rings (SSSR count). The smallest absolute Gasteiger partial charge is 0.311 e. The van der Waals surface area contributed by atoms with E-state index in [4.69, 9.17) is 5.73 Å². The van der Waals surface area contributed by atoms with Crippen molar-refractivity contribution in [2.75, 3.05) is 7.05 Å². The van der Waals surface area contributed by atoms with E-state index >= 15 is 0 Å². The molecule has 5 heteroatoms. The molecule has 15 heavy (non-hydrogen) atoms. The quantitative estimate of drug-likeness (QED) is 0.712. The maximum Gasteiger partial charge on any atom is 0.311 e. The molecule has 0 saturated heterocycles. The molecule has 2 N–H and O–H groups in total. The molecule has 0 heterocycles. The molecular formula is C10H11FN2O2. The molecule has 0 aliphatic rings. The van der Waals surface area contributed by atoms with E-state index in [-0.39, 0.29) is 6.54 Å². The predicted octanol–water partition coefficient (Wildman–Crippen LogP) is 0.269. The van der Waals surface area contributed by atoms with Crippen molar-refractivity contribution in [2.45, 2.75) is 6.54 Å². The summed E-state index contributed by atoms with van der Waals surface area (Å²) in [6, 6.07) is 6.04. The third kappa shape index (κ3) is 2.77. The summed E-state index contributed by atoms with van der Waals surface area (Å²) in [5.41, 5.74) is 5.15. The molecule has 0 aliphatic heterocycles. The van der Waals surface area contributed by atoms with Crippen molar-refractivity contribution in [1.29, 1.82) is 0 Å². The van der Waals surface area contributed by atoms with Gasteiger partial charge in [0, 0.05) is 19.2 Å². The summed E-state index contributed by atoms with van der Waals surface area (Å²) in [7, 11) is 1.39. The standard InChI is InChI=1S/C10H11FN2O2/c1-13(10(15)9(12)14)6-7-4-2-3-5-8(7)11/h2-5H,6H2,1H3,(H2,12,14). The van der Waals surface area contributed by atoms with Gasteiger partial charge in [0.1, 0.15) is 5.82 Å². The van der Waals surface area contributed by atoms with E-state index in [1.807, 2.05) is 0 Å². The van der Waals surface area contributed by atoms with E-state index < -0.39 is 17.6 Å². The lowest BCUT2D eigenvalue weighted by molar-refractivity contribution is -0.143. The fourth-order valence-corrected chi connectivity index (χ4v) is 1.14. The lowest BCUT2D eigenvalue weighted by Gasteiger charge is -2.15. The Bertz CT molecular complexity index is 393. The summed E-state index contributed by atoms with van der Waals surface area (Å²) in [6.45, 7) is 0.0223. The molecular weight excluding hydrogens is 199 g/mol. The SMILES string of the molecule is CN(Cc1ccccc1F)C(=O)C(N)=O. The Morgan fingerprint density at radius 2 is 2.00 bits per heavy atom. The first-order valence-electron chi connectivity index (χ1n) is 4.30. The number of hydrogen-bond donors (Lipinski definition) is 1. The monoisotopic (exact) mass is 210 g/mol. The van der Waals surface area contributed by atoms with Crippen LogP contribution in [0.1, 0.15) is 5.56 Å². The number of likely N-dealkylation sites (N-methyl/N-ethyl adjacent to an activating group) is 1. The van der Waals surface area contributed by atoms with Gasteiger partial charge in [-0.2, -0.15) is 0 Å². The van der Waals surface area contributed by atoms with Crippen molar-refractivity contribution in [1.82, 2.24) is 4.90 Å². The molecule has 80 valence electrons. The third-order valence-electron chi connectivity index (χ3n) is 1.92. The van der Waals surface area contributed by atoms with E-state index in [1.54, 1.807) is 18.2 Å². The molecule has 0 atom stereocenters. The molecule has 2 amide bonds. The van der Waals surface area contributed by atoms with E-state index in [0.29, 0.717) is 5.56 Å². The van der Waals surface area contributed by atoms with E-state index in [9.17, 15) is 14.0 Å². The van der Waals surface area contributed by atoms with Gasteiger partial charge in [-0.15, -0.1) is 0 Å². The summed E-state index contributed by atoms with van der Waals surface area (Å²) in [5.74, 6) is -2.30. The van der Waals surface area contributed by atoms with Gasteiger partial charge >= 0.3 is 11.8 Å². The van der Waals surface area contributed by atoms with Gasteiger partial charge in [0.15, 0.2) is 0 Å². The molecule has 1 aromatic rings. The van der Waals surface area contributed by atoms with Gasteiger partial charge < -0.3 is 10.6 Å². The molecule has 0 radical (unpaired) electrons. The van der Waals surface area contributed by atoms with Crippen molar-refractivity contribution in [2.24, 2.45) is 5.73 Å². The Balaban J connectivity index is 2.75. The van der Waals surface area contributed by atoms with Crippen LogP contribution in [0.3, 0.4) is 0 Å². The van der Waals surface area contributed by atoms with Crippen LogP contribution >= 0.6 is 0 Å². The first kappa shape index (κ1) is 11.2. The van der Waals surface area contributed by atoms with Crippen LogP contribution in [0.15, 0.2) is 24.3 Å². The Labute approximate surface area is 86.5 Å². The van der Waals surface area contributed by atoms with Gasteiger partial charge in [0.25, 0.3) is 0 Å². The maximum atomic E-state index is 13.2. The lowest BCUT2D eigenvalue weighted by Crippen LogP contribution is -2.37. The number of benzene rings is 1. The number of primary amides is 1. The third-order valence-corrected chi connectivity index (χ3v) is 1.92. The van der Waals surface area contributed by atoms with E-state index in [0.717, 1.165) is 4.90 Å². The first-order valence-corrected chi connectivity index (χ1v) is 4.30. The summed E-state index contributed by atoms with van der Waals surface area (Å²) in [5, 5.41) is 0.